The maximum absolute atomic E-state index is 14.9. The van der Waals surface area contributed by atoms with Crippen molar-refractivity contribution in [3.8, 4) is 5.75 Å². The van der Waals surface area contributed by atoms with Gasteiger partial charge in [-0.15, -0.1) is 0 Å². The minimum Gasteiger partial charge on any atom is -0.491 e. The van der Waals surface area contributed by atoms with Crippen LogP contribution in [0.5, 0.6) is 5.75 Å². The van der Waals surface area contributed by atoms with E-state index < -0.39 is 98.1 Å². The van der Waals surface area contributed by atoms with Gasteiger partial charge in [0.05, 0.1) is 12.7 Å². The predicted molar refractivity (Wildman–Crippen MR) is 176 cm³/mol. The zero-order chi connectivity index (χ0) is 45.6. The first-order valence-corrected chi connectivity index (χ1v) is 19.4. The van der Waals surface area contributed by atoms with Crippen LogP contribution >= 0.6 is 0 Å². The van der Waals surface area contributed by atoms with Crippen LogP contribution in [0.15, 0.2) is 48.6 Å². The molecule has 1 rings (SSSR count). The molecule has 58 heavy (non-hydrogen) atoms. The molecule has 0 radical (unpaired) electrons. The molecule has 2 atom stereocenters. The third-order valence-corrected chi connectivity index (χ3v) is 15.1. The van der Waals surface area contributed by atoms with Crippen molar-refractivity contribution < 1.29 is 98.9 Å². The minimum atomic E-state index is -8.68. The first-order valence-electron chi connectivity index (χ1n) is 17.1. The summed E-state index contributed by atoms with van der Waals surface area (Å²) >= 11 is 0. The molecular formula is C34H42F17NO5Si. The van der Waals surface area contributed by atoms with Gasteiger partial charge in [-0.3, -0.25) is 10.0 Å². The molecule has 0 bridgehead atoms. The molecule has 0 saturated carbocycles. The molecule has 1 aromatic rings. The normalized spacial score (nSPS) is 15.8. The van der Waals surface area contributed by atoms with Crippen LogP contribution in [0, 0.1) is 5.92 Å². The van der Waals surface area contributed by atoms with Crippen LogP contribution in [0.4, 0.5) is 74.6 Å². The van der Waals surface area contributed by atoms with Crippen molar-refractivity contribution in [1.82, 2.24) is 5.48 Å². The van der Waals surface area contributed by atoms with Gasteiger partial charge in [-0.2, -0.15) is 74.6 Å². The molecule has 0 aliphatic carbocycles. The Kier molecular flexibility index (Phi) is 17.4. The van der Waals surface area contributed by atoms with E-state index in [1.807, 2.05) is 0 Å². The van der Waals surface area contributed by atoms with Crippen LogP contribution in [0.2, 0.25) is 17.1 Å². The van der Waals surface area contributed by atoms with Crippen LogP contribution < -0.4 is 10.2 Å². The maximum atomic E-state index is 14.9. The lowest BCUT2D eigenvalue weighted by atomic mass is 9.88. The zero-order valence-electron chi connectivity index (χ0n) is 31.2. The maximum Gasteiger partial charge on any atom is 0.460 e. The molecule has 3 N–H and O–H groups in total. The lowest BCUT2D eigenvalue weighted by molar-refractivity contribution is -0.461. The van der Waals surface area contributed by atoms with Gasteiger partial charge in [0.25, 0.3) is 5.91 Å². The van der Waals surface area contributed by atoms with Crippen molar-refractivity contribution in [2.75, 3.05) is 13.2 Å². The van der Waals surface area contributed by atoms with Gasteiger partial charge < -0.3 is 14.3 Å². The lowest BCUT2D eigenvalue weighted by Crippen LogP contribution is -2.74. The third-order valence-electron chi connectivity index (χ3n) is 9.45. The fourth-order valence-corrected chi connectivity index (χ4v) is 10.2. The highest BCUT2D eigenvalue weighted by molar-refractivity contribution is 6.76. The first-order chi connectivity index (χ1) is 26.1. The van der Waals surface area contributed by atoms with Crippen LogP contribution in [0.1, 0.15) is 65.5 Å². The summed E-state index contributed by atoms with van der Waals surface area (Å²) in [6.45, 7) is 6.22. The van der Waals surface area contributed by atoms with E-state index in [4.69, 9.17) is 14.4 Å². The summed E-state index contributed by atoms with van der Waals surface area (Å²) in [5.41, 5.74) is 0.187. The SMILES string of the molecule is CC(C)[Si](CCC(F)(F)C(F)(F)C(F)(F)C(F)(F)C(F)(F)C(F)(F)C(F)(F)C(F)(F)F)(OCCOc1ccc([C@@H](O)[C@H](C)CC/C=C/C=C/C(=O)NO)cc1)C(C)C. The summed E-state index contributed by atoms with van der Waals surface area (Å²) in [5.74, 6) is -57.5. The monoisotopic (exact) mass is 895 g/mol. The zero-order valence-corrected chi connectivity index (χ0v) is 32.2. The van der Waals surface area contributed by atoms with Gasteiger partial charge in [-0.05, 0) is 53.6 Å². The van der Waals surface area contributed by atoms with Crippen LogP contribution in [0.3, 0.4) is 0 Å². The molecule has 0 heterocycles. The smallest absolute Gasteiger partial charge is 0.460 e. The summed E-state index contributed by atoms with van der Waals surface area (Å²) in [7, 11) is -3.94. The average molecular weight is 896 g/mol. The lowest BCUT2D eigenvalue weighted by Gasteiger charge is -2.44. The number of alkyl halides is 17. The number of nitrogens with one attached hydrogen (secondary N) is 1. The number of hydroxylamine groups is 1. The highest BCUT2D eigenvalue weighted by Crippen LogP contribution is 2.64. The van der Waals surface area contributed by atoms with E-state index in [1.54, 1.807) is 19.1 Å². The second kappa shape index (κ2) is 19.1. The summed E-state index contributed by atoms with van der Waals surface area (Å²) in [6, 6.07) is 4.57. The van der Waals surface area contributed by atoms with Crippen molar-refractivity contribution in [2.45, 2.75) is 125 Å². The summed E-state index contributed by atoms with van der Waals surface area (Å²) in [5, 5.41) is 19.1. The number of halogens is 17. The van der Waals surface area contributed by atoms with Crippen molar-refractivity contribution in [3.63, 3.8) is 0 Å². The molecule has 1 amide bonds. The van der Waals surface area contributed by atoms with E-state index in [2.05, 4.69) is 0 Å². The van der Waals surface area contributed by atoms with Gasteiger partial charge in [0.2, 0.25) is 0 Å². The standard InChI is InChI=1S/C34H42F17NO5Si/c1-20(2)58(21(3)4,57-18-17-56-24-14-12-23(13-15-24)26(54)22(5)10-8-6-7-9-11-25(53)52-55)19-16-27(35,36)28(37,38)29(39,40)30(41,42)31(43,44)32(45,46)33(47,48)34(49,50)51/h6-7,9,11-15,20-22,26,54-55H,8,10,16-19H2,1-5H3,(H,52,53)/b7-6+,11-9+/t22-,26+/m1/s1. The number of hydrogen-bond acceptors (Lipinski definition) is 5. The molecule has 336 valence electrons. The number of aliphatic hydroxyl groups is 1. The summed E-state index contributed by atoms with van der Waals surface area (Å²) in [4.78, 5) is 10.9. The van der Waals surface area contributed by atoms with Gasteiger partial charge in [0.15, 0.2) is 8.32 Å². The molecule has 0 fully saturated rings. The van der Waals surface area contributed by atoms with E-state index >= 15 is 0 Å². The number of aliphatic hydroxyl groups excluding tert-OH is 1. The highest BCUT2D eigenvalue weighted by Gasteiger charge is 2.95. The number of amides is 1. The van der Waals surface area contributed by atoms with Gasteiger partial charge in [-0.1, -0.05) is 65.0 Å². The molecule has 0 aliphatic rings. The quantitative estimate of drug-likeness (QED) is 0.0194. The number of carbonyl (C=O) groups excluding carboxylic acids is 1. The Balaban J connectivity index is 3.12. The Bertz CT molecular complexity index is 1530. The van der Waals surface area contributed by atoms with E-state index in [1.165, 1.54) is 63.5 Å². The second-order valence-electron chi connectivity index (χ2n) is 13.9. The Morgan fingerprint density at radius 1 is 0.707 bits per heavy atom. The molecule has 0 spiro atoms. The minimum absolute atomic E-state index is 0.180. The topological polar surface area (TPSA) is 88.0 Å². The van der Waals surface area contributed by atoms with Gasteiger partial charge in [-0.25, -0.2) is 5.48 Å². The molecule has 6 nitrogen and oxygen atoms in total. The van der Waals surface area contributed by atoms with Crippen molar-refractivity contribution in [2.24, 2.45) is 5.92 Å². The number of allylic oxidation sites excluding steroid dienone is 3. The Morgan fingerprint density at radius 3 is 1.62 bits per heavy atom. The number of benzene rings is 1. The molecule has 0 aromatic heterocycles. The van der Waals surface area contributed by atoms with E-state index in [-0.39, 0.29) is 18.3 Å². The largest absolute Gasteiger partial charge is 0.491 e. The van der Waals surface area contributed by atoms with E-state index in [0.29, 0.717) is 18.4 Å². The van der Waals surface area contributed by atoms with Gasteiger partial charge in [0, 0.05) is 12.5 Å². The van der Waals surface area contributed by atoms with Crippen LogP contribution in [0.25, 0.3) is 0 Å². The van der Waals surface area contributed by atoms with Crippen molar-refractivity contribution in [3.05, 3.63) is 54.1 Å². The Hall–Kier alpha value is -3.12. The highest BCUT2D eigenvalue weighted by atomic mass is 28.4. The molecule has 0 unspecified atom stereocenters. The van der Waals surface area contributed by atoms with Crippen molar-refractivity contribution >= 4 is 14.2 Å². The molecule has 1 aromatic carbocycles. The predicted octanol–water partition coefficient (Wildman–Crippen LogP) is 11.3. The summed E-state index contributed by atoms with van der Waals surface area (Å²) < 4.78 is 245. The number of carbonyl (C=O) groups is 1. The number of ether oxygens (including phenoxy) is 1. The summed E-state index contributed by atoms with van der Waals surface area (Å²) in [6.07, 6.45) is -4.51. The number of hydrogen-bond donors (Lipinski definition) is 3. The molecule has 0 saturated heterocycles. The van der Waals surface area contributed by atoms with Crippen LogP contribution in [-0.2, 0) is 9.22 Å². The molecule has 24 heteroatoms. The van der Waals surface area contributed by atoms with Gasteiger partial charge >= 0.3 is 47.6 Å². The van der Waals surface area contributed by atoms with E-state index in [0.717, 1.165) is 6.08 Å². The molecule has 0 aliphatic heterocycles. The molecular weight excluding hydrogens is 853 g/mol. The first kappa shape index (κ1) is 52.9. The second-order valence-corrected chi connectivity index (χ2v) is 18.9. The third kappa shape index (κ3) is 10.6. The van der Waals surface area contributed by atoms with Crippen molar-refractivity contribution in [1.29, 1.82) is 0 Å². The number of rotatable bonds is 23. The van der Waals surface area contributed by atoms with E-state index in [9.17, 15) is 84.5 Å². The van der Waals surface area contributed by atoms with Crippen LogP contribution in [-0.4, -0.2) is 85.4 Å². The Labute approximate surface area is 322 Å². The Morgan fingerprint density at radius 2 is 1.17 bits per heavy atom. The fraction of sp³-hybridized carbons (Fsp3) is 0.676. The fourth-order valence-electron chi connectivity index (χ4n) is 5.71. The average Bonchev–Trinajstić information content (AvgIpc) is 3.11. The van der Waals surface area contributed by atoms with Gasteiger partial charge in [0.1, 0.15) is 12.4 Å².